The summed E-state index contributed by atoms with van der Waals surface area (Å²) in [5, 5.41) is 0. The van der Waals surface area contributed by atoms with Crippen LogP contribution >= 0.6 is 0 Å². The highest BCUT2D eigenvalue weighted by Crippen LogP contribution is 2.36. The van der Waals surface area contributed by atoms with Gasteiger partial charge in [0, 0.05) is 18.2 Å². The molecule has 0 spiro atoms. The van der Waals surface area contributed by atoms with E-state index >= 15 is 0 Å². The van der Waals surface area contributed by atoms with Gasteiger partial charge in [0.1, 0.15) is 10.6 Å². The van der Waals surface area contributed by atoms with Gasteiger partial charge in [0.25, 0.3) is 0 Å². The molecule has 168 valence electrons. The minimum Gasteiger partial charge on any atom is -0.493 e. The number of methoxy groups -OCH3 is 3. The number of alkyl halides is 2. The Hall–Kier alpha value is -3.18. The Labute approximate surface area is 178 Å². The van der Waals surface area contributed by atoms with Crippen LogP contribution in [0.15, 0.2) is 47.4 Å². The van der Waals surface area contributed by atoms with Gasteiger partial charge in [-0.25, -0.2) is 17.9 Å². The molecule has 2 rings (SSSR count). The quantitative estimate of drug-likeness (QED) is 0.432. The lowest BCUT2D eigenvalue weighted by Gasteiger charge is -2.16. The third kappa shape index (κ3) is 6.40. The van der Waals surface area contributed by atoms with Gasteiger partial charge in [0.05, 0.1) is 21.3 Å². The highest BCUT2D eigenvalue weighted by molar-refractivity contribution is 7.89. The summed E-state index contributed by atoms with van der Waals surface area (Å²) in [7, 11) is -0.392. The molecule has 0 saturated carbocycles. The van der Waals surface area contributed by atoms with E-state index in [1.807, 2.05) is 0 Å². The molecule has 0 aliphatic heterocycles. The van der Waals surface area contributed by atoms with Crippen molar-refractivity contribution in [3.05, 3.63) is 53.6 Å². The van der Waals surface area contributed by atoms with Crippen LogP contribution in [-0.2, 0) is 26.1 Å². The van der Waals surface area contributed by atoms with E-state index in [0.29, 0.717) is 5.56 Å². The second-order valence-electron chi connectivity index (χ2n) is 5.92. The summed E-state index contributed by atoms with van der Waals surface area (Å²) in [4.78, 5) is 11.1. The Balaban J connectivity index is 2.41. The fraction of sp³-hybridized carbons (Fsp3) is 0.250. The van der Waals surface area contributed by atoms with Crippen LogP contribution in [0.3, 0.4) is 0 Å². The smallest absolute Gasteiger partial charge is 0.387 e. The highest BCUT2D eigenvalue weighted by atomic mass is 32.2. The topological polar surface area (TPSA) is 100 Å². The largest absolute Gasteiger partial charge is 0.493 e. The van der Waals surface area contributed by atoms with Crippen molar-refractivity contribution in [1.82, 2.24) is 4.72 Å². The van der Waals surface area contributed by atoms with Crippen LogP contribution in [0.1, 0.15) is 11.1 Å². The molecule has 11 heteroatoms. The molecule has 8 nitrogen and oxygen atoms in total. The van der Waals surface area contributed by atoms with Crippen molar-refractivity contribution in [2.75, 3.05) is 21.3 Å². The van der Waals surface area contributed by atoms with Crippen molar-refractivity contribution < 1.29 is 40.9 Å². The van der Waals surface area contributed by atoms with E-state index < -0.39 is 22.6 Å². The second-order valence-corrected chi connectivity index (χ2v) is 7.66. The lowest BCUT2D eigenvalue weighted by atomic mass is 10.2. The third-order valence-electron chi connectivity index (χ3n) is 4.01. The molecule has 0 unspecified atom stereocenters. The molecule has 2 aromatic rings. The number of carbonyl (C=O) groups excluding carboxylic acids is 1. The molecule has 0 fully saturated rings. The highest BCUT2D eigenvalue weighted by Gasteiger charge is 2.24. The summed E-state index contributed by atoms with van der Waals surface area (Å²) in [6, 6.07) is 8.55. The van der Waals surface area contributed by atoms with Crippen LogP contribution in [0.2, 0.25) is 0 Å². The van der Waals surface area contributed by atoms with Crippen LogP contribution in [0.4, 0.5) is 8.78 Å². The summed E-state index contributed by atoms with van der Waals surface area (Å²) < 4.78 is 72.8. The minimum absolute atomic E-state index is 0.0673. The molecule has 0 heterocycles. The summed E-state index contributed by atoms with van der Waals surface area (Å²) in [6.45, 7) is -3.38. The molecule has 0 aliphatic carbocycles. The number of halogens is 2. The lowest BCUT2D eigenvalue weighted by Crippen LogP contribution is -2.24. The number of hydrogen-bond donors (Lipinski definition) is 1. The standard InChI is InChI=1S/C20H21F2NO7S/c1-27-16-10-13(8-9-18(24)28-2)11-17(19(16)29-3)31(25,26)23-12-14-6-4-5-7-15(14)30-20(21)22/h4-11,20,23H,12H2,1-3H3/b9-8+. The lowest BCUT2D eigenvalue weighted by molar-refractivity contribution is -0.134. The van der Waals surface area contributed by atoms with E-state index in [1.54, 1.807) is 6.07 Å². The average Bonchev–Trinajstić information content (AvgIpc) is 2.75. The Morgan fingerprint density at radius 1 is 1.10 bits per heavy atom. The first-order valence-corrected chi connectivity index (χ1v) is 10.2. The minimum atomic E-state index is -4.19. The monoisotopic (exact) mass is 457 g/mol. The molecule has 0 atom stereocenters. The van der Waals surface area contributed by atoms with E-state index in [-0.39, 0.29) is 34.3 Å². The number of ether oxygens (including phenoxy) is 4. The molecule has 0 amide bonds. The van der Waals surface area contributed by atoms with Gasteiger partial charge >= 0.3 is 12.6 Å². The zero-order valence-electron chi connectivity index (χ0n) is 16.9. The summed E-state index contributed by atoms with van der Waals surface area (Å²) in [5.41, 5.74) is 0.531. The first kappa shape index (κ1) is 24.1. The fourth-order valence-corrected chi connectivity index (χ4v) is 3.81. The molecule has 0 saturated heterocycles. The summed E-state index contributed by atoms with van der Waals surface area (Å²) in [5.74, 6) is -0.744. The molecular weight excluding hydrogens is 436 g/mol. The van der Waals surface area contributed by atoms with Gasteiger partial charge in [0.2, 0.25) is 10.0 Å². The van der Waals surface area contributed by atoms with Gasteiger partial charge in [0.15, 0.2) is 11.5 Å². The number of benzene rings is 2. The van der Waals surface area contributed by atoms with Crippen molar-refractivity contribution >= 4 is 22.1 Å². The van der Waals surface area contributed by atoms with Gasteiger partial charge in [-0.2, -0.15) is 8.78 Å². The molecule has 2 aromatic carbocycles. The van der Waals surface area contributed by atoms with E-state index in [9.17, 15) is 22.0 Å². The van der Waals surface area contributed by atoms with Crippen LogP contribution in [-0.4, -0.2) is 42.3 Å². The molecule has 1 N–H and O–H groups in total. The first-order valence-electron chi connectivity index (χ1n) is 8.76. The molecule has 0 aliphatic rings. The van der Waals surface area contributed by atoms with Gasteiger partial charge in [-0.15, -0.1) is 0 Å². The van der Waals surface area contributed by atoms with Crippen molar-refractivity contribution in [1.29, 1.82) is 0 Å². The van der Waals surface area contributed by atoms with E-state index in [1.165, 1.54) is 57.7 Å². The number of carbonyl (C=O) groups is 1. The Morgan fingerprint density at radius 3 is 2.42 bits per heavy atom. The van der Waals surface area contributed by atoms with Crippen molar-refractivity contribution in [2.45, 2.75) is 18.1 Å². The van der Waals surface area contributed by atoms with Crippen molar-refractivity contribution in [3.63, 3.8) is 0 Å². The predicted octanol–water partition coefficient (Wildman–Crippen LogP) is 2.97. The number of esters is 1. The van der Waals surface area contributed by atoms with E-state index in [0.717, 1.165) is 6.08 Å². The van der Waals surface area contributed by atoms with E-state index in [4.69, 9.17) is 9.47 Å². The van der Waals surface area contributed by atoms with Crippen molar-refractivity contribution in [2.24, 2.45) is 0 Å². The van der Waals surface area contributed by atoms with E-state index in [2.05, 4.69) is 14.2 Å². The zero-order valence-corrected chi connectivity index (χ0v) is 17.7. The number of nitrogens with one attached hydrogen (secondary N) is 1. The number of hydrogen-bond acceptors (Lipinski definition) is 7. The first-order chi connectivity index (χ1) is 14.7. The maximum absolute atomic E-state index is 13.0. The maximum Gasteiger partial charge on any atom is 0.387 e. The van der Waals surface area contributed by atoms with Gasteiger partial charge in [-0.1, -0.05) is 18.2 Å². The van der Waals surface area contributed by atoms with Crippen LogP contribution < -0.4 is 18.9 Å². The van der Waals surface area contributed by atoms with Crippen LogP contribution in [0.25, 0.3) is 6.08 Å². The average molecular weight is 457 g/mol. The van der Waals surface area contributed by atoms with Gasteiger partial charge in [-0.05, 0) is 29.8 Å². The van der Waals surface area contributed by atoms with Crippen molar-refractivity contribution in [3.8, 4) is 17.2 Å². The van der Waals surface area contributed by atoms with Crippen LogP contribution in [0.5, 0.6) is 17.2 Å². The Kier molecular flexibility index (Phi) is 8.34. The SMILES string of the molecule is COC(=O)/C=C/c1cc(OC)c(OC)c(S(=O)(=O)NCc2ccccc2OC(F)F)c1. The fourth-order valence-electron chi connectivity index (χ4n) is 2.59. The number of para-hydroxylation sites is 1. The van der Waals surface area contributed by atoms with Gasteiger partial charge in [-0.3, -0.25) is 0 Å². The molecule has 0 bridgehead atoms. The second kappa shape index (κ2) is 10.7. The van der Waals surface area contributed by atoms with Crippen LogP contribution in [0, 0.1) is 0 Å². The third-order valence-corrected chi connectivity index (χ3v) is 5.42. The molecule has 0 aromatic heterocycles. The maximum atomic E-state index is 13.0. The normalized spacial score (nSPS) is 11.5. The zero-order chi connectivity index (χ0) is 23.0. The predicted molar refractivity (Wildman–Crippen MR) is 108 cm³/mol. The molecular formula is C20H21F2NO7S. The Morgan fingerprint density at radius 2 is 1.81 bits per heavy atom. The summed E-state index contributed by atoms with van der Waals surface area (Å²) in [6.07, 6.45) is 2.46. The number of sulfonamides is 1. The molecule has 31 heavy (non-hydrogen) atoms. The molecule has 0 radical (unpaired) electrons. The number of rotatable bonds is 10. The van der Waals surface area contributed by atoms with Gasteiger partial charge < -0.3 is 18.9 Å². The Bertz CT molecular complexity index is 1060. The summed E-state index contributed by atoms with van der Waals surface area (Å²) >= 11 is 0.